The number of carbonyl (C=O) groups excluding carboxylic acids is 2. The number of aromatic nitrogens is 3. The van der Waals surface area contributed by atoms with E-state index in [-0.39, 0.29) is 41.9 Å². The largest absolute Gasteiger partial charge is 0.497 e. The average Bonchev–Trinajstić information content (AvgIpc) is 3.91. The van der Waals surface area contributed by atoms with Gasteiger partial charge < -0.3 is 24.8 Å². The zero-order valence-corrected chi connectivity index (χ0v) is 34.3. The van der Waals surface area contributed by atoms with Crippen LogP contribution >= 0.6 is 0 Å². The highest BCUT2D eigenvalue weighted by Crippen LogP contribution is 2.60. The van der Waals surface area contributed by atoms with Crippen molar-refractivity contribution in [3.05, 3.63) is 168 Å². The molecule has 296 valence electrons. The summed E-state index contributed by atoms with van der Waals surface area (Å²) in [6.07, 6.45) is 2.25. The van der Waals surface area contributed by atoms with Crippen molar-refractivity contribution in [2.75, 3.05) is 23.9 Å². The summed E-state index contributed by atoms with van der Waals surface area (Å²) in [5, 5.41) is 23.6. The number of aryl methyl sites for hydroxylation is 1. The second-order valence-corrected chi connectivity index (χ2v) is 20.6. The van der Waals surface area contributed by atoms with Crippen LogP contribution in [-0.2, 0) is 28.2 Å². The Morgan fingerprint density at radius 2 is 1.64 bits per heavy atom. The van der Waals surface area contributed by atoms with E-state index >= 15 is 4.79 Å². The molecule has 6 aromatic rings. The average molecular weight is 792 g/mol. The van der Waals surface area contributed by atoms with Crippen LogP contribution in [0.4, 0.5) is 11.4 Å². The van der Waals surface area contributed by atoms with E-state index in [0.717, 1.165) is 28.1 Å². The number of aliphatic hydroxyl groups is 1. The maximum Gasteiger partial charge on any atom is 0.264 e. The third-order valence-electron chi connectivity index (χ3n) is 12.2. The molecule has 0 radical (unpaired) electrons. The number of rotatable bonds is 13. The minimum Gasteiger partial charge on any atom is -0.497 e. The number of fused-ring (bicyclic) bond motifs is 2. The molecule has 58 heavy (non-hydrogen) atoms. The van der Waals surface area contributed by atoms with Gasteiger partial charge in [0, 0.05) is 35.5 Å². The summed E-state index contributed by atoms with van der Waals surface area (Å²) in [6, 6.07) is 43.0. The fraction of sp³-hybridized carbons (Fsp3) is 0.277. The second-order valence-electron chi connectivity index (χ2n) is 15.9. The van der Waals surface area contributed by atoms with Gasteiger partial charge in [-0.05, 0) is 65.6 Å². The molecule has 2 aliphatic rings. The normalized spacial score (nSPS) is 20.6. The van der Waals surface area contributed by atoms with Crippen LogP contribution < -0.4 is 20.1 Å². The van der Waals surface area contributed by atoms with Crippen molar-refractivity contribution in [1.29, 1.82) is 0 Å². The number of benzene rings is 5. The Hall–Kier alpha value is -5.88. The third-order valence-corrected chi connectivity index (χ3v) is 16.6. The molecule has 1 aromatic heterocycles. The number of hydrogen-bond donors (Lipinski definition) is 2. The molecule has 8 rings (SSSR count). The molecule has 10 nitrogen and oxygen atoms in total. The van der Waals surface area contributed by atoms with E-state index in [1.54, 1.807) is 19.2 Å². The first-order chi connectivity index (χ1) is 28.1. The fourth-order valence-corrected chi connectivity index (χ4v) is 13.4. The maximum absolute atomic E-state index is 15.3. The number of methoxy groups -OCH3 is 1. The van der Waals surface area contributed by atoms with Crippen molar-refractivity contribution in [3.63, 3.8) is 0 Å². The number of aliphatic hydroxyl groups excluding tert-OH is 1. The predicted octanol–water partition coefficient (Wildman–Crippen LogP) is 7.52. The van der Waals surface area contributed by atoms with E-state index in [4.69, 9.17) is 9.47 Å². The van der Waals surface area contributed by atoms with Crippen LogP contribution in [0.5, 0.6) is 5.75 Å². The standard InChI is InChI=1S/C47H49N5O5Si/c1-32-44(58(3,4)38-24-22-37(56-2)23-25-38)43(26-27-51-30-41(49-50-51)39(31-53)34-15-7-5-8-16-34)57-47(32)40-20-11-12-21-42(40)52(46(47)55)29-33-14-13-19-36(28-33)48-45(54)35-17-9-6-10-18-35/h5-25,28,30,32,39,43-44,53H,26-27,29,31H2,1-4H3,(H,48,54)/t32-,39?,43+,44-,47+/m0/s1. The Kier molecular flexibility index (Phi) is 10.9. The van der Waals surface area contributed by atoms with Crippen LogP contribution in [0, 0.1) is 5.92 Å². The van der Waals surface area contributed by atoms with Crippen LogP contribution in [0.2, 0.25) is 18.6 Å². The van der Waals surface area contributed by atoms with E-state index in [2.05, 4.69) is 47.8 Å². The molecule has 3 heterocycles. The summed E-state index contributed by atoms with van der Waals surface area (Å²) in [6.45, 7) is 7.71. The second kappa shape index (κ2) is 16.2. The van der Waals surface area contributed by atoms with Gasteiger partial charge in [0.2, 0.25) is 0 Å². The highest BCUT2D eigenvalue weighted by molar-refractivity contribution is 6.91. The number of nitrogens with one attached hydrogen (secondary N) is 1. The molecule has 1 spiro atoms. The van der Waals surface area contributed by atoms with Gasteiger partial charge in [-0.1, -0.05) is 121 Å². The Morgan fingerprint density at radius 3 is 2.36 bits per heavy atom. The van der Waals surface area contributed by atoms with Crippen LogP contribution in [-0.4, -0.2) is 59.8 Å². The topological polar surface area (TPSA) is 119 Å². The molecular weight excluding hydrogens is 743 g/mol. The summed E-state index contributed by atoms with van der Waals surface area (Å²) in [5.74, 6) is 0.0766. The van der Waals surface area contributed by atoms with E-state index in [1.807, 2.05) is 125 Å². The number of ether oxygens (including phenoxy) is 2. The number of carbonyl (C=O) groups is 2. The molecule has 0 saturated carbocycles. The van der Waals surface area contributed by atoms with E-state index in [9.17, 15) is 9.90 Å². The highest BCUT2D eigenvalue weighted by Gasteiger charge is 2.66. The molecule has 0 bridgehead atoms. The van der Waals surface area contributed by atoms with Gasteiger partial charge in [-0.3, -0.25) is 14.3 Å². The number of para-hydroxylation sites is 1. The number of nitrogens with zero attached hydrogens (tertiary/aromatic N) is 4. The minimum absolute atomic E-state index is 0.0480. The molecule has 5 aromatic carbocycles. The summed E-state index contributed by atoms with van der Waals surface area (Å²) in [4.78, 5) is 30.1. The Balaban J connectivity index is 1.11. The molecule has 1 saturated heterocycles. The zero-order valence-electron chi connectivity index (χ0n) is 33.3. The molecule has 5 atom stereocenters. The van der Waals surface area contributed by atoms with Crippen LogP contribution in [0.3, 0.4) is 0 Å². The Labute approximate surface area is 340 Å². The monoisotopic (exact) mass is 791 g/mol. The fourth-order valence-electron chi connectivity index (χ4n) is 9.31. The lowest BCUT2D eigenvalue weighted by Crippen LogP contribution is -2.51. The summed E-state index contributed by atoms with van der Waals surface area (Å²) in [5.41, 5.74) is 4.35. The predicted molar refractivity (Wildman–Crippen MR) is 228 cm³/mol. The van der Waals surface area contributed by atoms with Gasteiger partial charge in [0.05, 0.1) is 51.7 Å². The van der Waals surface area contributed by atoms with Crippen LogP contribution in [0.25, 0.3) is 0 Å². The van der Waals surface area contributed by atoms with Gasteiger partial charge in [0.1, 0.15) is 5.75 Å². The van der Waals surface area contributed by atoms with Crippen LogP contribution in [0.15, 0.2) is 140 Å². The van der Waals surface area contributed by atoms with Gasteiger partial charge in [-0.2, -0.15) is 0 Å². The lowest BCUT2D eigenvalue weighted by molar-refractivity contribution is -0.146. The number of hydrogen-bond acceptors (Lipinski definition) is 7. The molecule has 11 heteroatoms. The Bertz CT molecular complexity index is 2390. The van der Waals surface area contributed by atoms with Crippen molar-refractivity contribution in [1.82, 2.24) is 15.0 Å². The van der Waals surface area contributed by atoms with Gasteiger partial charge in [0.25, 0.3) is 11.8 Å². The van der Waals surface area contributed by atoms with Crippen molar-refractivity contribution < 1.29 is 24.2 Å². The smallest absolute Gasteiger partial charge is 0.264 e. The van der Waals surface area contributed by atoms with Gasteiger partial charge in [-0.15, -0.1) is 5.10 Å². The molecule has 0 aliphatic carbocycles. The SMILES string of the molecule is COc1ccc([Si](C)(C)[C@@H]2[C@@H](CCn3cc(C(CO)c4ccccc4)nn3)O[C@]3(C(=O)N(Cc4cccc(NC(=O)c5ccccc5)c4)c4ccccc43)[C@H]2C)cc1. The molecule has 1 unspecified atom stereocenters. The third kappa shape index (κ3) is 7.14. The maximum atomic E-state index is 15.3. The molecule has 2 N–H and O–H groups in total. The zero-order chi connectivity index (χ0) is 40.4. The lowest BCUT2D eigenvalue weighted by atomic mass is 9.82. The minimum atomic E-state index is -2.37. The van der Waals surface area contributed by atoms with Crippen molar-refractivity contribution in [2.24, 2.45) is 5.92 Å². The summed E-state index contributed by atoms with van der Waals surface area (Å²) >= 11 is 0. The lowest BCUT2D eigenvalue weighted by Gasteiger charge is -2.37. The quantitative estimate of drug-likeness (QED) is 0.116. The molecule has 2 aliphatic heterocycles. The number of amides is 2. The van der Waals surface area contributed by atoms with E-state index in [0.29, 0.717) is 36.5 Å². The molecular formula is C47H49N5O5Si. The first kappa shape index (κ1) is 39.0. The number of anilines is 2. The van der Waals surface area contributed by atoms with Crippen molar-refractivity contribution in [3.8, 4) is 5.75 Å². The van der Waals surface area contributed by atoms with Crippen molar-refractivity contribution >= 4 is 36.4 Å². The summed E-state index contributed by atoms with van der Waals surface area (Å²) in [7, 11) is -0.696. The Morgan fingerprint density at radius 1 is 0.931 bits per heavy atom. The van der Waals surface area contributed by atoms with Gasteiger partial charge in [-0.25, -0.2) is 0 Å². The molecule has 1 fully saturated rings. The first-order valence-electron chi connectivity index (χ1n) is 19.9. The molecule has 2 amide bonds. The van der Waals surface area contributed by atoms with E-state index in [1.165, 1.54) is 5.19 Å². The van der Waals surface area contributed by atoms with Gasteiger partial charge in [0.15, 0.2) is 5.60 Å². The van der Waals surface area contributed by atoms with E-state index < -0.39 is 13.7 Å². The van der Waals surface area contributed by atoms with Gasteiger partial charge >= 0.3 is 0 Å². The summed E-state index contributed by atoms with van der Waals surface area (Å²) < 4.78 is 14.7. The first-order valence-corrected chi connectivity index (χ1v) is 23.0. The van der Waals surface area contributed by atoms with Crippen molar-refractivity contribution in [2.45, 2.75) is 62.7 Å². The van der Waals surface area contributed by atoms with Crippen LogP contribution in [0.1, 0.15) is 52.0 Å². The highest BCUT2D eigenvalue weighted by atomic mass is 28.3.